The summed E-state index contributed by atoms with van der Waals surface area (Å²) in [6, 6.07) is 1.73. The van der Waals surface area contributed by atoms with Gasteiger partial charge in [0.2, 0.25) is 0 Å². The van der Waals surface area contributed by atoms with Crippen LogP contribution in [0.2, 0.25) is 5.02 Å². The van der Waals surface area contributed by atoms with Crippen molar-refractivity contribution in [2.75, 3.05) is 38.9 Å². The van der Waals surface area contributed by atoms with Crippen molar-refractivity contribution in [2.24, 2.45) is 0 Å². The second kappa shape index (κ2) is 7.26. The molecule has 0 spiro atoms. The molecule has 1 amide bonds. The Kier molecular flexibility index (Phi) is 5.61. The lowest BCUT2D eigenvalue weighted by atomic mass is 10.2. The molecule has 1 aromatic rings. The van der Waals surface area contributed by atoms with E-state index in [1.807, 2.05) is 20.9 Å². The van der Waals surface area contributed by atoms with Gasteiger partial charge < -0.3 is 19.3 Å². The van der Waals surface area contributed by atoms with E-state index in [9.17, 15) is 4.79 Å². The Morgan fingerprint density at radius 2 is 2.14 bits per heavy atom. The third-order valence-corrected chi connectivity index (χ3v) is 3.68. The molecule has 0 aliphatic carbocycles. The molecule has 1 fully saturated rings. The molecule has 2 unspecified atom stereocenters. The van der Waals surface area contributed by atoms with E-state index < -0.39 is 0 Å². The topological polar surface area (TPSA) is 54.9 Å². The van der Waals surface area contributed by atoms with Crippen LogP contribution in [0.1, 0.15) is 24.3 Å². The van der Waals surface area contributed by atoms with Gasteiger partial charge in [0.1, 0.15) is 6.73 Å². The van der Waals surface area contributed by atoms with Crippen LogP contribution in [0.3, 0.4) is 0 Å². The number of ether oxygens (including phenoxy) is 2. The monoisotopic (exact) mass is 327 g/mol. The van der Waals surface area contributed by atoms with Crippen LogP contribution in [0.15, 0.2) is 12.3 Å². The molecule has 1 aliphatic rings. The molecule has 1 aromatic heterocycles. The van der Waals surface area contributed by atoms with E-state index in [1.165, 1.54) is 6.20 Å². The van der Waals surface area contributed by atoms with Crippen molar-refractivity contribution >= 4 is 23.2 Å². The van der Waals surface area contributed by atoms with Gasteiger partial charge in [0, 0.05) is 33.4 Å². The first kappa shape index (κ1) is 17.0. The largest absolute Gasteiger partial charge is 0.372 e. The lowest BCUT2D eigenvalue weighted by Crippen LogP contribution is -2.48. The number of amides is 1. The molecule has 2 heterocycles. The Morgan fingerprint density at radius 3 is 2.73 bits per heavy atom. The van der Waals surface area contributed by atoms with Crippen molar-refractivity contribution in [3.05, 3.63) is 23.0 Å². The third kappa shape index (κ3) is 3.88. The summed E-state index contributed by atoms with van der Waals surface area (Å²) in [7, 11) is 3.43. The summed E-state index contributed by atoms with van der Waals surface area (Å²) in [5, 5.41) is 0.484. The zero-order valence-electron chi connectivity index (χ0n) is 13.4. The normalized spacial score (nSPS) is 21.8. The molecule has 22 heavy (non-hydrogen) atoms. The number of carbonyl (C=O) groups excluding carboxylic acids is 1. The second-order valence-corrected chi connectivity index (χ2v) is 6.04. The zero-order valence-corrected chi connectivity index (χ0v) is 14.1. The van der Waals surface area contributed by atoms with Crippen LogP contribution in [0.5, 0.6) is 0 Å². The van der Waals surface area contributed by atoms with Crippen molar-refractivity contribution in [3.63, 3.8) is 0 Å². The summed E-state index contributed by atoms with van der Waals surface area (Å²) in [6.07, 6.45) is 1.52. The maximum atomic E-state index is 12.8. The number of methoxy groups -OCH3 is 1. The van der Waals surface area contributed by atoms with E-state index in [0.29, 0.717) is 36.2 Å². The smallest absolute Gasteiger partial charge is 0.274 e. The van der Waals surface area contributed by atoms with E-state index >= 15 is 0 Å². The number of hydrogen-bond acceptors (Lipinski definition) is 5. The van der Waals surface area contributed by atoms with Crippen LogP contribution < -0.4 is 4.90 Å². The number of pyridine rings is 1. The summed E-state index contributed by atoms with van der Waals surface area (Å²) >= 11 is 6.02. The minimum atomic E-state index is -0.114. The van der Waals surface area contributed by atoms with E-state index in [-0.39, 0.29) is 18.1 Å². The summed E-state index contributed by atoms with van der Waals surface area (Å²) in [4.78, 5) is 20.7. The molecule has 1 aliphatic heterocycles. The fourth-order valence-corrected chi connectivity index (χ4v) is 2.79. The van der Waals surface area contributed by atoms with Crippen LogP contribution in [-0.2, 0) is 9.47 Å². The molecule has 0 bridgehead atoms. The first-order chi connectivity index (χ1) is 10.4. The van der Waals surface area contributed by atoms with Crippen LogP contribution in [-0.4, -0.2) is 62.0 Å². The molecule has 7 heteroatoms. The molecule has 1 saturated heterocycles. The minimum absolute atomic E-state index is 0.0140. The van der Waals surface area contributed by atoms with Crippen LogP contribution >= 0.6 is 11.6 Å². The number of aromatic nitrogens is 1. The fraction of sp³-hybridized carbons (Fsp3) is 0.600. The fourth-order valence-electron chi connectivity index (χ4n) is 2.64. The molecule has 122 valence electrons. The number of nitrogens with zero attached hydrogens (tertiary/aromatic N) is 3. The molecular formula is C15H22ClN3O3. The van der Waals surface area contributed by atoms with Crippen molar-refractivity contribution in [1.82, 2.24) is 9.88 Å². The number of halogens is 1. The maximum Gasteiger partial charge on any atom is 0.274 e. The van der Waals surface area contributed by atoms with Crippen LogP contribution in [0.4, 0.5) is 5.69 Å². The first-order valence-corrected chi connectivity index (χ1v) is 7.60. The quantitative estimate of drug-likeness (QED) is 0.792. The van der Waals surface area contributed by atoms with E-state index in [0.717, 1.165) is 0 Å². The van der Waals surface area contributed by atoms with Gasteiger partial charge in [-0.3, -0.25) is 4.79 Å². The van der Waals surface area contributed by atoms with E-state index in [2.05, 4.69) is 4.98 Å². The number of hydrogen-bond donors (Lipinski definition) is 0. The van der Waals surface area contributed by atoms with Crippen LogP contribution in [0.25, 0.3) is 0 Å². The number of morpholine rings is 1. The average molecular weight is 328 g/mol. The van der Waals surface area contributed by atoms with Gasteiger partial charge in [0.05, 0.1) is 22.9 Å². The van der Waals surface area contributed by atoms with Crippen molar-refractivity contribution < 1.29 is 14.3 Å². The lowest BCUT2D eigenvalue weighted by molar-refractivity contribution is -0.0587. The standard InChI is InChI=1S/C15H22ClN3O3/c1-10-7-19(8-11(2)22-10)15(20)14-13(18(3)9-21-4)5-12(16)6-17-14/h5-6,10-11H,7-9H2,1-4H3. The molecule has 0 radical (unpaired) electrons. The molecule has 0 saturated carbocycles. The lowest BCUT2D eigenvalue weighted by Gasteiger charge is -2.35. The minimum Gasteiger partial charge on any atom is -0.372 e. The Balaban J connectivity index is 2.28. The van der Waals surface area contributed by atoms with Gasteiger partial charge in [-0.1, -0.05) is 11.6 Å². The van der Waals surface area contributed by atoms with Gasteiger partial charge in [-0.15, -0.1) is 0 Å². The van der Waals surface area contributed by atoms with Gasteiger partial charge in [-0.25, -0.2) is 4.98 Å². The average Bonchev–Trinajstić information content (AvgIpc) is 2.45. The highest BCUT2D eigenvalue weighted by atomic mass is 35.5. The maximum absolute atomic E-state index is 12.8. The molecule has 6 nitrogen and oxygen atoms in total. The SMILES string of the molecule is COCN(C)c1cc(Cl)cnc1C(=O)N1CC(C)OC(C)C1. The summed E-state index contributed by atoms with van der Waals surface area (Å²) in [5.74, 6) is -0.114. The predicted octanol–water partition coefficient (Wildman–Crippen LogP) is 2.02. The number of rotatable bonds is 4. The first-order valence-electron chi connectivity index (χ1n) is 7.22. The Morgan fingerprint density at radius 1 is 1.50 bits per heavy atom. The zero-order chi connectivity index (χ0) is 16.3. The van der Waals surface area contributed by atoms with Gasteiger partial charge in [-0.2, -0.15) is 0 Å². The number of anilines is 1. The van der Waals surface area contributed by atoms with Crippen molar-refractivity contribution in [1.29, 1.82) is 0 Å². The Labute approximate surface area is 136 Å². The highest BCUT2D eigenvalue weighted by molar-refractivity contribution is 6.30. The highest BCUT2D eigenvalue weighted by Gasteiger charge is 2.29. The highest BCUT2D eigenvalue weighted by Crippen LogP contribution is 2.24. The Bertz CT molecular complexity index is 531. The van der Waals surface area contributed by atoms with Crippen LogP contribution in [0, 0.1) is 0 Å². The summed E-state index contributed by atoms with van der Waals surface area (Å²) in [6.45, 7) is 5.38. The Hall–Kier alpha value is -1.37. The van der Waals surface area contributed by atoms with E-state index in [1.54, 1.807) is 23.0 Å². The summed E-state index contributed by atoms with van der Waals surface area (Å²) < 4.78 is 10.8. The van der Waals surface area contributed by atoms with Gasteiger partial charge in [0.25, 0.3) is 5.91 Å². The number of carbonyl (C=O) groups is 1. The van der Waals surface area contributed by atoms with Gasteiger partial charge >= 0.3 is 0 Å². The van der Waals surface area contributed by atoms with Crippen molar-refractivity contribution in [3.8, 4) is 0 Å². The second-order valence-electron chi connectivity index (χ2n) is 5.60. The van der Waals surface area contributed by atoms with Gasteiger partial charge in [-0.05, 0) is 19.9 Å². The molecular weight excluding hydrogens is 306 g/mol. The van der Waals surface area contributed by atoms with Gasteiger partial charge in [0.15, 0.2) is 5.69 Å². The van der Waals surface area contributed by atoms with E-state index in [4.69, 9.17) is 21.1 Å². The molecule has 0 N–H and O–H groups in total. The molecule has 0 aromatic carbocycles. The predicted molar refractivity (Wildman–Crippen MR) is 85.4 cm³/mol. The summed E-state index contributed by atoms with van der Waals surface area (Å²) in [5.41, 5.74) is 1.04. The van der Waals surface area contributed by atoms with Crippen molar-refractivity contribution in [2.45, 2.75) is 26.1 Å². The molecule has 2 rings (SSSR count). The molecule has 2 atom stereocenters. The third-order valence-electron chi connectivity index (χ3n) is 3.48.